The predicted molar refractivity (Wildman–Crippen MR) is 174 cm³/mol. The molecule has 5 nitrogen and oxygen atoms in total. The zero-order valence-electron chi connectivity index (χ0n) is 26.0. The van der Waals surface area contributed by atoms with Crippen molar-refractivity contribution < 1.29 is 4.79 Å². The van der Waals surface area contributed by atoms with E-state index in [2.05, 4.69) is 64.5 Å². The molecule has 5 rings (SSSR count). The summed E-state index contributed by atoms with van der Waals surface area (Å²) < 4.78 is 0. The zero-order chi connectivity index (χ0) is 29.0. The van der Waals surface area contributed by atoms with E-state index < -0.39 is 0 Å². The molecule has 4 aliphatic carbocycles. The summed E-state index contributed by atoms with van der Waals surface area (Å²) in [7, 11) is 1.95. The number of carbonyl (C=O) groups is 1. The van der Waals surface area contributed by atoms with Crippen molar-refractivity contribution in [2.45, 2.75) is 124 Å². The first-order valence-electron chi connectivity index (χ1n) is 15.5. The molecule has 1 saturated heterocycles. The fraction of sp³-hybridized carbons (Fsp3) is 0.771. The molecule has 0 amide bonds. The maximum atomic E-state index is 8.00. The van der Waals surface area contributed by atoms with E-state index in [9.17, 15) is 0 Å². The number of nitrogens with two attached hydrogens (primary N) is 1. The van der Waals surface area contributed by atoms with Gasteiger partial charge in [-0.15, -0.1) is 0 Å². The van der Waals surface area contributed by atoms with E-state index in [0.717, 1.165) is 38.8 Å². The number of fused-ring (bicyclic) bond motifs is 5. The second-order valence-corrected chi connectivity index (χ2v) is 13.8. The molecule has 7 unspecified atom stereocenters. The smallest absolute Gasteiger partial charge is 0.106 e. The van der Waals surface area contributed by atoms with Gasteiger partial charge in [-0.3, -0.25) is 4.99 Å². The molecule has 0 spiro atoms. The lowest BCUT2D eigenvalue weighted by Gasteiger charge is -2.63. The number of rotatable bonds is 5. The largest absolute Gasteiger partial charge is 0.325 e. The van der Waals surface area contributed by atoms with E-state index in [1.807, 2.05) is 13.8 Å². The van der Waals surface area contributed by atoms with Gasteiger partial charge >= 0.3 is 0 Å². The highest BCUT2D eigenvalue weighted by molar-refractivity contribution is 5.85. The maximum absolute atomic E-state index is 8.00. The molecule has 0 aromatic rings. The lowest BCUT2D eigenvalue weighted by molar-refractivity contribution is -0.0980. The van der Waals surface area contributed by atoms with E-state index in [0.29, 0.717) is 35.3 Å². The third kappa shape index (κ3) is 6.57. The van der Waals surface area contributed by atoms with Gasteiger partial charge in [0, 0.05) is 35.8 Å². The molecule has 4 N–H and O–H groups in total. The van der Waals surface area contributed by atoms with E-state index >= 15 is 0 Å². The molecule has 0 aromatic carbocycles. The van der Waals surface area contributed by atoms with E-state index in [4.69, 9.17) is 15.5 Å². The second-order valence-electron chi connectivity index (χ2n) is 13.8. The summed E-state index contributed by atoms with van der Waals surface area (Å²) in [6.45, 7) is 24.1. The predicted octanol–water partition coefficient (Wildman–Crippen LogP) is 7.04. The van der Waals surface area contributed by atoms with Gasteiger partial charge in [-0.25, -0.2) is 0 Å². The van der Waals surface area contributed by atoms with Crippen LogP contribution in [0.1, 0.15) is 106 Å². The molecular formula is C35H62N4O. The molecule has 1 heterocycles. The number of carbonyl (C=O) groups excluding carboxylic acids is 1. The SMILES string of the molecule is C.C=C1C=C2CCC3(N)C(CCC4(C)C(C(C)=NCCC5NCCC5=C)CCC43)C2(C)CC1.C=O.CNC(C)C. The van der Waals surface area contributed by atoms with Gasteiger partial charge in [0.25, 0.3) is 0 Å². The number of nitrogens with zero attached hydrogens (tertiary/aromatic N) is 1. The van der Waals surface area contributed by atoms with Crippen molar-refractivity contribution in [3.63, 3.8) is 0 Å². The Balaban J connectivity index is 0.000000634. The van der Waals surface area contributed by atoms with Crippen LogP contribution >= 0.6 is 0 Å². The van der Waals surface area contributed by atoms with Gasteiger partial charge in [0.1, 0.15) is 6.79 Å². The Morgan fingerprint density at radius 1 is 1.10 bits per heavy atom. The highest BCUT2D eigenvalue weighted by Gasteiger charge is 2.64. The van der Waals surface area contributed by atoms with Crippen molar-refractivity contribution >= 4 is 12.5 Å². The van der Waals surface area contributed by atoms with Crippen LogP contribution in [0, 0.1) is 28.6 Å². The van der Waals surface area contributed by atoms with Crippen LogP contribution in [-0.4, -0.2) is 50.3 Å². The highest BCUT2D eigenvalue weighted by Crippen LogP contribution is 2.67. The van der Waals surface area contributed by atoms with Crippen LogP contribution in [0.15, 0.2) is 40.9 Å². The lowest BCUT2D eigenvalue weighted by Crippen LogP contribution is -2.66. The lowest BCUT2D eigenvalue weighted by atomic mass is 9.43. The van der Waals surface area contributed by atoms with Crippen LogP contribution in [0.5, 0.6) is 0 Å². The van der Waals surface area contributed by atoms with Crippen molar-refractivity contribution in [2.75, 3.05) is 20.1 Å². The van der Waals surface area contributed by atoms with Gasteiger partial charge in [0.2, 0.25) is 0 Å². The summed E-state index contributed by atoms with van der Waals surface area (Å²) in [6.07, 6.45) is 14.5. The Hall–Kier alpha value is -1.56. The third-order valence-electron chi connectivity index (χ3n) is 11.5. The van der Waals surface area contributed by atoms with Gasteiger partial charge in [0.15, 0.2) is 0 Å². The van der Waals surface area contributed by atoms with Gasteiger partial charge in [-0.1, -0.05) is 71.1 Å². The van der Waals surface area contributed by atoms with E-state index in [1.165, 1.54) is 55.4 Å². The molecule has 0 aromatic heterocycles. The van der Waals surface area contributed by atoms with Gasteiger partial charge in [0.05, 0.1) is 0 Å². The molecule has 1 aliphatic heterocycles. The molecular weight excluding hydrogens is 492 g/mol. The Morgan fingerprint density at radius 2 is 1.77 bits per heavy atom. The van der Waals surface area contributed by atoms with Crippen molar-refractivity contribution in [1.29, 1.82) is 0 Å². The van der Waals surface area contributed by atoms with Crippen molar-refractivity contribution in [2.24, 2.45) is 39.3 Å². The van der Waals surface area contributed by atoms with Crippen molar-refractivity contribution in [1.82, 2.24) is 10.6 Å². The standard InChI is InChI=1S/C29H45N3.C4H11N.CH2O.CH4/c1-19-8-13-27(4)22(18-19)9-15-29(30)25-7-6-23(28(25,5)14-10-26(27)29)21(3)31-17-12-24-20(2)11-16-32-24;1-4(2)5-3;1-2;/h18,23-26,32H,1-2,6-17,30H2,3-5H3;4-5H,1-3H3;1H2;1H4. The summed E-state index contributed by atoms with van der Waals surface area (Å²) in [5.41, 5.74) is 13.8. The third-order valence-corrected chi connectivity index (χ3v) is 11.5. The normalized spacial score (nSPS) is 38.5. The zero-order valence-corrected chi connectivity index (χ0v) is 26.0. The second kappa shape index (κ2) is 14.1. The minimum atomic E-state index is -0.0156. The fourth-order valence-corrected chi connectivity index (χ4v) is 9.06. The summed E-state index contributed by atoms with van der Waals surface area (Å²) in [4.78, 5) is 13.1. The Kier molecular flexibility index (Phi) is 12.2. The molecule has 4 fully saturated rings. The van der Waals surface area contributed by atoms with Gasteiger partial charge in [-0.05, 0) is 107 Å². The molecule has 40 heavy (non-hydrogen) atoms. The minimum absolute atomic E-state index is 0. The van der Waals surface area contributed by atoms with Gasteiger partial charge < -0.3 is 21.2 Å². The maximum Gasteiger partial charge on any atom is 0.106 e. The molecule has 5 heteroatoms. The summed E-state index contributed by atoms with van der Waals surface area (Å²) in [5, 5.41) is 6.60. The Morgan fingerprint density at radius 3 is 2.38 bits per heavy atom. The number of allylic oxidation sites excluding steroid dienone is 3. The molecule has 0 radical (unpaired) electrons. The summed E-state index contributed by atoms with van der Waals surface area (Å²) >= 11 is 0. The number of aliphatic imine (C=N–C) groups is 1. The average molecular weight is 555 g/mol. The number of hydrogen-bond acceptors (Lipinski definition) is 5. The fourth-order valence-electron chi connectivity index (χ4n) is 9.06. The van der Waals surface area contributed by atoms with Crippen LogP contribution in [-0.2, 0) is 4.79 Å². The highest BCUT2D eigenvalue weighted by atomic mass is 16.1. The summed E-state index contributed by atoms with van der Waals surface area (Å²) in [5.74, 6) is 1.85. The molecule has 228 valence electrons. The first-order chi connectivity index (χ1) is 18.5. The van der Waals surface area contributed by atoms with Gasteiger partial charge in [-0.2, -0.15) is 0 Å². The van der Waals surface area contributed by atoms with Crippen LogP contribution < -0.4 is 16.4 Å². The minimum Gasteiger partial charge on any atom is -0.325 e. The molecule has 7 atom stereocenters. The van der Waals surface area contributed by atoms with E-state index in [1.54, 1.807) is 5.57 Å². The number of hydrogen-bond donors (Lipinski definition) is 3. The van der Waals surface area contributed by atoms with Crippen LogP contribution in [0.2, 0.25) is 0 Å². The first-order valence-corrected chi connectivity index (χ1v) is 15.5. The molecule has 3 saturated carbocycles. The van der Waals surface area contributed by atoms with E-state index in [-0.39, 0.29) is 18.4 Å². The quantitative estimate of drug-likeness (QED) is 0.252. The monoisotopic (exact) mass is 554 g/mol. The van der Waals surface area contributed by atoms with Crippen LogP contribution in [0.3, 0.4) is 0 Å². The molecule has 5 aliphatic rings. The average Bonchev–Trinajstić information content (AvgIpc) is 3.49. The topological polar surface area (TPSA) is 79.5 Å². The first kappa shape index (κ1) is 34.6. The van der Waals surface area contributed by atoms with Crippen LogP contribution in [0.4, 0.5) is 0 Å². The Labute approximate surface area is 247 Å². The number of nitrogens with one attached hydrogen (secondary N) is 2. The summed E-state index contributed by atoms with van der Waals surface area (Å²) in [6, 6.07) is 1.10. The van der Waals surface area contributed by atoms with Crippen LogP contribution in [0.25, 0.3) is 0 Å². The molecule has 0 bridgehead atoms. The van der Waals surface area contributed by atoms with Crippen molar-refractivity contribution in [3.8, 4) is 0 Å². The Bertz CT molecular complexity index is 953. The van der Waals surface area contributed by atoms with Crippen molar-refractivity contribution in [3.05, 3.63) is 36.0 Å².